The Bertz CT molecular complexity index is 563. The van der Waals surface area contributed by atoms with Gasteiger partial charge in [0.15, 0.2) is 0 Å². The van der Waals surface area contributed by atoms with Crippen molar-refractivity contribution >= 4 is 5.78 Å². The van der Waals surface area contributed by atoms with E-state index in [2.05, 4.69) is 10.1 Å². The summed E-state index contributed by atoms with van der Waals surface area (Å²) in [6, 6.07) is 1.96. The van der Waals surface area contributed by atoms with Crippen LogP contribution in [0.15, 0.2) is 4.52 Å². The van der Waals surface area contributed by atoms with Crippen molar-refractivity contribution in [3.63, 3.8) is 0 Å². The topological polar surface area (TPSA) is 79.8 Å². The second kappa shape index (κ2) is 4.15. The van der Waals surface area contributed by atoms with Crippen molar-refractivity contribution in [2.24, 2.45) is 23.2 Å². The van der Waals surface area contributed by atoms with Crippen LogP contribution in [0.5, 0.6) is 0 Å². The first-order valence-electron chi connectivity index (χ1n) is 7.43. The molecule has 0 amide bonds. The normalized spacial score (nSPS) is 37.9. The smallest absolute Gasteiger partial charge is 0.241 e. The summed E-state index contributed by atoms with van der Waals surface area (Å²) in [5, 5.41) is 12.4. The summed E-state index contributed by atoms with van der Waals surface area (Å²) in [6.45, 7) is 0. The van der Waals surface area contributed by atoms with E-state index in [-0.39, 0.29) is 29.3 Å². The molecule has 0 spiro atoms. The molecule has 5 rings (SSSR count). The van der Waals surface area contributed by atoms with Crippen LogP contribution in [0.1, 0.15) is 55.0 Å². The van der Waals surface area contributed by atoms with Gasteiger partial charge >= 0.3 is 0 Å². The van der Waals surface area contributed by atoms with E-state index in [4.69, 9.17) is 9.78 Å². The highest BCUT2D eigenvalue weighted by atomic mass is 16.5. The predicted octanol–water partition coefficient (Wildman–Crippen LogP) is 2.53. The van der Waals surface area contributed by atoms with E-state index in [1.54, 1.807) is 0 Å². The standard InChI is InChI=1S/C15H17N3O2/c16-2-1-12-17-14(18-20-12)13(19)15-6-9-3-10(7-15)5-11(4-9)8-15/h9-11H,1,3-8H2. The number of carbonyl (C=O) groups excluding carboxylic acids is 1. The first-order valence-corrected chi connectivity index (χ1v) is 7.43. The molecule has 4 saturated carbocycles. The molecule has 4 aliphatic carbocycles. The van der Waals surface area contributed by atoms with Gasteiger partial charge in [-0.15, -0.1) is 0 Å². The zero-order chi connectivity index (χ0) is 13.7. The van der Waals surface area contributed by atoms with Gasteiger partial charge < -0.3 is 4.52 Å². The minimum atomic E-state index is -0.234. The fourth-order valence-electron chi connectivity index (χ4n) is 5.11. The molecule has 20 heavy (non-hydrogen) atoms. The molecule has 0 atom stereocenters. The van der Waals surface area contributed by atoms with Gasteiger partial charge in [0.2, 0.25) is 17.5 Å². The average Bonchev–Trinajstić information content (AvgIpc) is 2.85. The molecule has 1 aromatic rings. The SMILES string of the molecule is N#CCc1nc(C(=O)C23CC4CC(CC(C4)C2)C3)no1. The Morgan fingerprint density at radius 2 is 1.85 bits per heavy atom. The average molecular weight is 271 g/mol. The summed E-state index contributed by atoms with van der Waals surface area (Å²) in [7, 11) is 0. The van der Waals surface area contributed by atoms with E-state index in [9.17, 15) is 4.79 Å². The monoisotopic (exact) mass is 271 g/mol. The third-order valence-corrected chi connectivity index (χ3v) is 5.42. The Kier molecular flexibility index (Phi) is 2.50. The lowest BCUT2D eigenvalue weighted by Gasteiger charge is -2.55. The lowest BCUT2D eigenvalue weighted by Crippen LogP contribution is -2.50. The Hall–Kier alpha value is -1.70. The fourth-order valence-corrected chi connectivity index (χ4v) is 5.11. The van der Waals surface area contributed by atoms with Gasteiger partial charge in [-0.3, -0.25) is 4.79 Å². The number of hydrogen-bond donors (Lipinski definition) is 0. The highest BCUT2D eigenvalue weighted by Crippen LogP contribution is 2.60. The molecular weight excluding hydrogens is 254 g/mol. The van der Waals surface area contributed by atoms with Crippen LogP contribution in [0.4, 0.5) is 0 Å². The van der Waals surface area contributed by atoms with Crippen molar-refractivity contribution in [1.82, 2.24) is 10.1 Å². The van der Waals surface area contributed by atoms with E-state index in [1.807, 2.05) is 6.07 Å². The number of aromatic nitrogens is 2. The van der Waals surface area contributed by atoms with Gasteiger partial charge in [0.25, 0.3) is 0 Å². The Labute approximate surface area is 117 Å². The van der Waals surface area contributed by atoms with Crippen molar-refractivity contribution in [1.29, 1.82) is 5.26 Å². The van der Waals surface area contributed by atoms with E-state index in [0.717, 1.165) is 37.0 Å². The van der Waals surface area contributed by atoms with Crippen molar-refractivity contribution in [3.05, 3.63) is 11.7 Å². The molecule has 0 aliphatic heterocycles. The van der Waals surface area contributed by atoms with E-state index >= 15 is 0 Å². The van der Waals surface area contributed by atoms with Crippen LogP contribution in [0.3, 0.4) is 0 Å². The number of nitrogens with zero attached hydrogens (tertiary/aromatic N) is 3. The molecule has 1 aromatic heterocycles. The molecular formula is C15H17N3O2. The molecule has 0 aromatic carbocycles. The summed E-state index contributed by atoms with van der Waals surface area (Å²) in [4.78, 5) is 17.0. The molecule has 5 nitrogen and oxygen atoms in total. The zero-order valence-electron chi connectivity index (χ0n) is 11.3. The molecule has 4 bridgehead atoms. The Morgan fingerprint density at radius 1 is 1.25 bits per heavy atom. The van der Waals surface area contributed by atoms with Crippen molar-refractivity contribution in [2.75, 3.05) is 0 Å². The quantitative estimate of drug-likeness (QED) is 0.789. The third-order valence-electron chi connectivity index (χ3n) is 5.42. The molecule has 0 unspecified atom stereocenters. The summed E-state index contributed by atoms with van der Waals surface area (Å²) < 4.78 is 4.98. The van der Waals surface area contributed by atoms with Crippen molar-refractivity contribution in [3.8, 4) is 6.07 Å². The van der Waals surface area contributed by atoms with Gasteiger partial charge in [-0.25, -0.2) is 0 Å². The number of nitriles is 1. The van der Waals surface area contributed by atoms with Crippen LogP contribution in [-0.2, 0) is 6.42 Å². The third kappa shape index (κ3) is 1.71. The number of hydrogen-bond acceptors (Lipinski definition) is 5. The first kappa shape index (κ1) is 12.1. The van der Waals surface area contributed by atoms with E-state index < -0.39 is 0 Å². The maximum atomic E-state index is 12.8. The van der Waals surface area contributed by atoms with Crippen LogP contribution >= 0.6 is 0 Å². The largest absolute Gasteiger partial charge is 0.338 e. The van der Waals surface area contributed by atoms with E-state index in [0.29, 0.717) is 0 Å². The fraction of sp³-hybridized carbons (Fsp3) is 0.733. The summed E-state index contributed by atoms with van der Waals surface area (Å²) in [6.07, 6.45) is 6.98. The number of carbonyl (C=O) groups is 1. The minimum absolute atomic E-state index is 0.0598. The van der Waals surface area contributed by atoms with Crippen LogP contribution in [0.2, 0.25) is 0 Å². The number of ketones is 1. The maximum absolute atomic E-state index is 12.8. The minimum Gasteiger partial charge on any atom is -0.338 e. The molecule has 104 valence electrons. The summed E-state index contributed by atoms with van der Waals surface area (Å²) in [5.74, 6) is 2.66. The Morgan fingerprint density at radius 3 is 2.40 bits per heavy atom. The predicted molar refractivity (Wildman–Crippen MR) is 68.6 cm³/mol. The van der Waals surface area contributed by atoms with Gasteiger partial charge in [-0.1, -0.05) is 5.16 Å². The highest BCUT2D eigenvalue weighted by molar-refractivity contribution is 5.97. The lowest BCUT2D eigenvalue weighted by molar-refractivity contribution is -0.0359. The highest BCUT2D eigenvalue weighted by Gasteiger charge is 2.55. The molecule has 0 radical (unpaired) electrons. The van der Waals surface area contributed by atoms with Gasteiger partial charge in [-0.2, -0.15) is 10.2 Å². The van der Waals surface area contributed by atoms with Crippen LogP contribution < -0.4 is 0 Å². The van der Waals surface area contributed by atoms with Gasteiger partial charge in [-0.05, 0) is 56.3 Å². The molecule has 0 N–H and O–H groups in total. The molecule has 0 saturated heterocycles. The van der Waals surface area contributed by atoms with Gasteiger partial charge in [0.1, 0.15) is 6.42 Å². The molecule has 5 heteroatoms. The van der Waals surface area contributed by atoms with Crippen molar-refractivity contribution < 1.29 is 9.32 Å². The van der Waals surface area contributed by atoms with E-state index in [1.165, 1.54) is 19.3 Å². The van der Waals surface area contributed by atoms with Crippen LogP contribution in [-0.4, -0.2) is 15.9 Å². The molecule has 4 fully saturated rings. The second-order valence-corrected chi connectivity index (χ2v) is 6.87. The summed E-state index contributed by atoms with van der Waals surface area (Å²) >= 11 is 0. The number of rotatable bonds is 3. The lowest BCUT2D eigenvalue weighted by atomic mass is 9.48. The van der Waals surface area contributed by atoms with Gasteiger partial charge in [0.05, 0.1) is 6.07 Å². The van der Waals surface area contributed by atoms with Gasteiger partial charge in [0, 0.05) is 5.41 Å². The first-order chi connectivity index (χ1) is 9.68. The van der Waals surface area contributed by atoms with Crippen LogP contribution in [0.25, 0.3) is 0 Å². The zero-order valence-corrected chi connectivity index (χ0v) is 11.3. The molecule has 1 heterocycles. The van der Waals surface area contributed by atoms with Crippen molar-refractivity contribution in [2.45, 2.75) is 44.9 Å². The maximum Gasteiger partial charge on any atom is 0.241 e. The summed E-state index contributed by atoms with van der Waals surface area (Å²) in [5.41, 5.74) is -0.234. The second-order valence-electron chi connectivity index (χ2n) is 6.87. The number of Topliss-reactive ketones (excluding diaryl/α,β-unsaturated/α-hetero) is 1. The van der Waals surface area contributed by atoms with Crippen LogP contribution in [0, 0.1) is 34.5 Å². The molecule has 4 aliphatic rings. The Balaban J connectivity index is 1.63.